The average molecular weight is 219 g/mol. The number of carbonyl (C=O) groups excluding carboxylic acids is 1. The van der Waals surface area contributed by atoms with Gasteiger partial charge in [0.2, 0.25) is 0 Å². The molecule has 0 saturated carbocycles. The summed E-state index contributed by atoms with van der Waals surface area (Å²) < 4.78 is 4.49. The summed E-state index contributed by atoms with van der Waals surface area (Å²) in [5.74, 6) is -0.564. The van der Waals surface area contributed by atoms with E-state index in [-0.39, 0.29) is 42.2 Å². The van der Waals surface area contributed by atoms with Gasteiger partial charge in [0.05, 0.1) is 17.6 Å². The van der Waals surface area contributed by atoms with Gasteiger partial charge < -0.3 is 6.16 Å². The second-order valence-corrected chi connectivity index (χ2v) is 2.75. The summed E-state index contributed by atoms with van der Waals surface area (Å²) in [6.07, 6.45) is 0. The van der Waals surface area contributed by atoms with Crippen molar-refractivity contribution >= 4 is 11.7 Å². The number of esters is 1. The van der Waals surface area contributed by atoms with Crippen molar-refractivity contribution in [2.75, 3.05) is 7.11 Å². The van der Waals surface area contributed by atoms with Crippen molar-refractivity contribution < 1.29 is 45.4 Å². The number of nitrogens with zero attached hydrogens (tertiary/aromatic N) is 1. The van der Waals surface area contributed by atoms with E-state index in [1.165, 1.54) is 25.3 Å². The van der Waals surface area contributed by atoms with Crippen molar-refractivity contribution in [2.45, 2.75) is 6.92 Å². The quantitative estimate of drug-likeness (QED) is 0.271. The summed E-state index contributed by atoms with van der Waals surface area (Å²) in [6.45, 7) is 1.69. The van der Waals surface area contributed by atoms with Crippen LogP contribution in [0.1, 0.15) is 17.3 Å². The molecule has 5 nitrogen and oxygen atoms in total. The summed E-state index contributed by atoms with van der Waals surface area (Å²) in [7, 11) is 1.24. The zero-order chi connectivity index (χ0) is 10.7. The molecule has 0 aliphatic heterocycles. The fourth-order valence-corrected chi connectivity index (χ4v) is 1.05. The van der Waals surface area contributed by atoms with Gasteiger partial charge in [-0.25, -0.2) is 4.79 Å². The SMILES string of the molecule is COC(=O)c1cc([N+](=O)[O-])ccc1C.[H-].[Na+]. The van der Waals surface area contributed by atoms with Crippen LogP contribution in [0.2, 0.25) is 0 Å². The van der Waals surface area contributed by atoms with E-state index >= 15 is 0 Å². The molecule has 0 atom stereocenters. The molecule has 0 radical (unpaired) electrons. The van der Waals surface area contributed by atoms with Crippen LogP contribution in [0, 0.1) is 17.0 Å². The smallest absolute Gasteiger partial charge is 1.00 e. The Bertz CT molecular complexity index is 397. The van der Waals surface area contributed by atoms with Gasteiger partial charge in [0.1, 0.15) is 0 Å². The third-order valence-electron chi connectivity index (χ3n) is 1.84. The van der Waals surface area contributed by atoms with Crippen molar-refractivity contribution in [3.8, 4) is 0 Å². The second kappa shape index (κ2) is 5.85. The minimum Gasteiger partial charge on any atom is -1.00 e. The van der Waals surface area contributed by atoms with E-state index in [9.17, 15) is 14.9 Å². The van der Waals surface area contributed by atoms with Crippen molar-refractivity contribution in [3.05, 3.63) is 39.4 Å². The number of ether oxygens (including phenoxy) is 1. The Kier molecular flexibility index (Phi) is 5.49. The summed E-state index contributed by atoms with van der Waals surface area (Å²) in [5, 5.41) is 10.4. The van der Waals surface area contributed by atoms with E-state index in [0.717, 1.165) is 0 Å². The van der Waals surface area contributed by atoms with Crippen molar-refractivity contribution in [1.29, 1.82) is 0 Å². The Morgan fingerprint density at radius 3 is 2.60 bits per heavy atom. The number of carbonyl (C=O) groups is 1. The molecule has 1 aromatic rings. The van der Waals surface area contributed by atoms with Gasteiger partial charge in [-0.2, -0.15) is 0 Å². The molecule has 0 amide bonds. The summed E-state index contributed by atoms with van der Waals surface area (Å²) in [6, 6.07) is 4.08. The van der Waals surface area contributed by atoms with Crippen LogP contribution in [0.15, 0.2) is 18.2 Å². The van der Waals surface area contributed by atoms with Gasteiger partial charge in [-0.05, 0) is 12.5 Å². The fourth-order valence-electron chi connectivity index (χ4n) is 1.05. The molecule has 0 aliphatic carbocycles. The van der Waals surface area contributed by atoms with E-state index in [1.54, 1.807) is 6.92 Å². The molecule has 6 heteroatoms. The third-order valence-corrected chi connectivity index (χ3v) is 1.84. The zero-order valence-electron chi connectivity index (χ0n) is 9.81. The van der Waals surface area contributed by atoms with Gasteiger partial charge in [0.15, 0.2) is 0 Å². The first kappa shape index (κ1) is 14.1. The normalized spacial score (nSPS) is 8.93. The van der Waals surface area contributed by atoms with Crippen LogP contribution in [-0.4, -0.2) is 18.0 Å². The van der Waals surface area contributed by atoms with E-state index in [2.05, 4.69) is 4.74 Å². The third kappa shape index (κ3) is 3.30. The van der Waals surface area contributed by atoms with Gasteiger partial charge in [-0.15, -0.1) is 0 Å². The molecular formula is C9H10NNaO4. The molecule has 1 rings (SSSR count). The van der Waals surface area contributed by atoms with E-state index in [0.29, 0.717) is 5.56 Å². The van der Waals surface area contributed by atoms with Crippen LogP contribution in [-0.2, 0) is 4.74 Å². The topological polar surface area (TPSA) is 69.4 Å². The largest absolute Gasteiger partial charge is 1.00 e. The number of aryl methyl sites for hydroxylation is 1. The van der Waals surface area contributed by atoms with E-state index in [1.807, 2.05) is 0 Å². The molecule has 0 unspecified atom stereocenters. The maximum Gasteiger partial charge on any atom is 1.00 e. The van der Waals surface area contributed by atoms with Crippen molar-refractivity contribution in [2.24, 2.45) is 0 Å². The maximum absolute atomic E-state index is 11.2. The number of benzene rings is 1. The maximum atomic E-state index is 11.2. The molecule has 0 fully saturated rings. The summed E-state index contributed by atoms with van der Waals surface area (Å²) in [5.41, 5.74) is 0.764. The number of nitro benzene ring substituents is 1. The standard InChI is InChI=1S/C9H9NO4.Na.H/c1-6-3-4-7(10(12)13)5-8(6)9(11)14-2;;/h3-5H,1-2H3;;/q;+1;-1. The molecule has 0 aromatic heterocycles. The Labute approximate surface area is 110 Å². The van der Waals surface area contributed by atoms with Crippen LogP contribution in [0.4, 0.5) is 5.69 Å². The van der Waals surface area contributed by atoms with Gasteiger partial charge in [-0.3, -0.25) is 10.1 Å². The van der Waals surface area contributed by atoms with Crippen molar-refractivity contribution in [1.82, 2.24) is 0 Å². The number of hydrogen-bond donors (Lipinski definition) is 0. The summed E-state index contributed by atoms with van der Waals surface area (Å²) >= 11 is 0. The average Bonchev–Trinajstić information content (AvgIpc) is 2.17. The number of non-ortho nitro benzene ring substituents is 1. The van der Waals surface area contributed by atoms with Gasteiger partial charge >= 0.3 is 35.5 Å². The minimum absolute atomic E-state index is 0. The molecule has 15 heavy (non-hydrogen) atoms. The van der Waals surface area contributed by atoms with Crippen LogP contribution >= 0.6 is 0 Å². The zero-order valence-corrected chi connectivity index (χ0v) is 10.8. The molecule has 0 N–H and O–H groups in total. The number of rotatable bonds is 2. The number of methoxy groups -OCH3 is 1. The molecule has 0 bridgehead atoms. The Morgan fingerprint density at radius 1 is 1.53 bits per heavy atom. The van der Waals surface area contributed by atoms with E-state index in [4.69, 9.17) is 0 Å². The Hall–Kier alpha value is -0.910. The van der Waals surface area contributed by atoms with Crippen LogP contribution in [0.25, 0.3) is 0 Å². The van der Waals surface area contributed by atoms with Crippen molar-refractivity contribution in [3.63, 3.8) is 0 Å². The molecule has 0 spiro atoms. The number of hydrogen-bond acceptors (Lipinski definition) is 4. The summed E-state index contributed by atoms with van der Waals surface area (Å²) in [4.78, 5) is 21.0. The van der Waals surface area contributed by atoms with Crippen LogP contribution in [0.5, 0.6) is 0 Å². The Balaban J connectivity index is 0. The van der Waals surface area contributed by atoms with Gasteiger partial charge in [-0.1, -0.05) is 6.07 Å². The first-order valence-corrected chi connectivity index (χ1v) is 3.89. The van der Waals surface area contributed by atoms with Gasteiger partial charge in [0.25, 0.3) is 5.69 Å². The molecule has 0 aliphatic rings. The minimum atomic E-state index is -0.564. The first-order valence-electron chi connectivity index (χ1n) is 3.89. The molecule has 1 aromatic carbocycles. The fraction of sp³-hybridized carbons (Fsp3) is 0.222. The van der Waals surface area contributed by atoms with Gasteiger partial charge in [0, 0.05) is 12.1 Å². The molecule has 0 saturated heterocycles. The molecule has 0 heterocycles. The second-order valence-electron chi connectivity index (χ2n) is 2.75. The Morgan fingerprint density at radius 2 is 2.13 bits per heavy atom. The van der Waals surface area contributed by atoms with Crippen LogP contribution < -0.4 is 29.6 Å². The van der Waals surface area contributed by atoms with Crippen LogP contribution in [0.3, 0.4) is 0 Å². The monoisotopic (exact) mass is 219 g/mol. The predicted octanol–water partition coefficient (Wildman–Crippen LogP) is -1.19. The number of nitro groups is 1. The first-order chi connectivity index (χ1) is 6.56. The predicted molar refractivity (Wildman–Crippen MR) is 50.3 cm³/mol. The van der Waals surface area contributed by atoms with E-state index < -0.39 is 10.9 Å². The molecular weight excluding hydrogens is 209 g/mol. The molecule has 76 valence electrons.